The molecule has 8 heteroatoms. The van der Waals surface area contributed by atoms with Gasteiger partial charge in [0.05, 0.1) is 22.6 Å². The predicted octanol–water partition coefficient (Wildman–Crippen LogP) is 2.34. The second kappa shape index (κ2) is 8.21. The molecular formula is C14H19ClFNO4S. The van der Waals surface area contributed by atoms with E-state index in [1.54, 1.807) is 0 Å². The highest BCUT2D eigenvalue weighted by Crippen LogP contribution is 2.19. The van der Waals surface area contributed by atoms with Gasteiger partial charge < -0.3 is 9.47 Å². The molecule has 2 rings (SSSR count). The molecule has 1 aromatic rings. The molecule has 1 N–H and O–H groups in total. The van der Waals surface area contributed by atoms with Crippen LogP contribution in [-0.2, 0) is 19.5 Å². The van der Waals surface area contributed by atoms with Gasteiger partial charge in [0, 0.05) is 19.8 Å². The molecule has 0 aliphatic carbocycles. The molecule has 1 fully saturated rings. The zero-order valence-electron chi connectivity index (χ0n) is 12.1. The Bertz CT molecular complexity index is 591. The summed E-state index contributed by atoms with van der Waals surface area (Å²) >= 11 is 5.59. The number of nitrogens with one attached hydrogen (secondary N) is 1. The van der Waals surface area contributed by atoms with E-state index in [-0.39, 0.29) is 22.6 Å². The zero-order valence-corrected chi connectivity index (χ0v) is 13.6. The standard InChI is InChI=1S/C14H19ClFNO4S/c15-13-9-12(4-5-14(13)16)22(18,19)17-6-2-7-20-10-11-3-1-8-21-11/h4-5,9,11,17H,1-3,6-8,10H2/t11-/m1/s1. The lowest BCUT2D eigenvalue weighted by molar-refractivity contribution is 0.0169. The molecule has 0 unspecified atom stereocenters. The maximum absolute atomic E-state index is 13.0. The molecule has 0 aromatic heterocycles. The average Bonchev–Trinajstić information content (AvgIpc) is 2.98. The van der Waals surface area contributed by atoms with Crippen LogP contribution in [0.5, 0.6) is 0 Å². The van der Waals surface area contributed by atoms with E-state index in [4.69, 9.17) is 21.1 Å². The molecule has 1 aliphatic heterocycles. The van der Waals surface area contributed by atoms with Crippen molar-refractivity contribution < 1.29 is 22.3 Å². The van der Waals surface area contributed by atoms with E-state index >= 15 is 0 Å². The van der Waals surface area contributed by atoms with Crippen molar-refractivity contribution in [2.75, 3.05) is 26.4 Å². The fourth-order valence-corrected chi connectivity index (χ4v) is 3.44. The number of hydrogen-bond acceptors (Lipinski definition) is 4. The molecule has 0 bridgehead atoms. The van der Waals surface area contributed by atoms with Gasteiger partial charge in [-0.15, -0.1) is 0 Å². The van der Waals surface area contributed by atoms with Crippen LogP contribution < -0.4 is 4.72 Å². The Balaban J connectivity index is 1.69. The molecule has 1 atom stereocenters. The van der Waals surface area contributed by atoms with Crippen LogP contribution in [0.3, 0.4) is 0 Å². The van der Waals surface area contributed by atoms with Crippen LogP contribution in [0, 0.1) is 5.82 Å². The first-order chi connectivity index (χ1) is 10.5. The van der Waals surface area contributed by atoms with Gasteiger partial charge in [0.25, 0.3) is 0 Å². The van der Waals surface area contributed by atoms with Crippen LogP contribution >= 0.6 is 11.6 Å². The summed E-state index contributed by atoms with van der Waals surface area (Å²) in [6.45, 7) is 2.02. The van der Waals surface area contributed by atoms with Gasteiger partial charge in [0.15, 0.2) is 0 Å². The van der Waals surface area contributed by atoms with Gasteiger partial charge in [-0.05, 0) is 37.5 Å². The fourth-order valence-electron chi connectivity index (χ4n) is 2.10. The molecule has 1 saturated heterocycles. The van der Waals surface area contributed by atoms with Crippen molar-refractivity contribution in [2.24, 2.45) is 0 Å². The molecule has 1 heterocycles. The molecule has 0 radical (unpaired) electrons. The predicted molar refractivity (Wildman–Crippen MR) is 81.0 cm³/mol. The third-order valence-electron chi connectivity index (χ3n) is 3.29. The summed E-state index contributed by atoms with van der Waals surface area (Å²) in [5, 5.41) is -0.220. The number of rotatable bonds is 8. The average molecular weight is 352 g/mol. The monoisotopic (exact) mass is 351 g/mol. The van der Waals surface area contributed by atoms with Gasteiger partial charge >= 0.3 is 0 Å². The van der Waals surface area contributed by atoms with E-state index in [0.717, 1.165) is 31.6 Å². The summed E-state index contributed by atoms with van der Waals surface area (Å²) in [7, 11) is -3.68. The van der Waals surface area contributed by atoms with Gasteiger partial charge in [0.1, 0.15) is 5.82 Å². The van der Waals surface area contributed by atoms with Crippen LogP contribution in [0.15, 0.2) is 23.1 Å². The largest absolute Gasteiger partial charge is 0.379 e. The topological polar surface area (TPSA) is 64.6 Å². The molecule has 124 valence electrons. The maximum atomic E-state index is 13.0. The first-order valence-electron chi connectivity index (χ1n) is 7.13. The second-order valence-corrected chi connectivity index (χ2v) is 7.21. The van der Waals surface area contributed by atoms with Crippen LogP contribution in [0.1, 0.15) is 19.3 Å². The van der Waals surface area contributed by atoms with Crippen molar-refractivity contribution in [3.63, 3.8) is 0 Å². The van der Waals surface area contributed by atoms with Crippen molar-refractivity contribution in [3.05, 3.63) is 29.0 Å². The molecular weight excluding hydrogens is 333 g/mol. The lowest BCUT2D eigenvalue weighted by Gasteiger charge is -2.10. The Morgan fingerprint density at radius 2 is 2.27 bits per heavy atom. The third-order valence-corrected chi connectivity index (χ3v) is 5.03. The summed E-state index contributed by atoms with van der Waals surface area (Å²) in [6, 6.07) is 3.30. The van der Waals surface area contributed by atoms with Gasteiger partial charge in [-0.1, -0.05) is 11.6 Å². The van der Waals surface area contributed by atoms with Gasteiger partial charge in [-0.2, -0.15) is 0 Å². The third kappa shape index (κ3) is 5.17. The zero-order chi connectivity index (χ0) is 16.0. The number of sulfonamides is 1. The van der Waals surface area contributed by atoms with Gasteiger partial charge in [0.2, 0.25) is 10.0 Å². The van der Waals surface area contributed by atoms with Crippen LogP contribution in [0.2, 0.25) is 5.02 Å². The smallest absolute Gasteiger partial charge is 0.240 e. The Morgan fingerprint density at radius 3 is 2.95 bits per heavy atom. The van der Waals surface area contributed by atoms with Crippen molar-refractivity contribution in [1.29, 1.82) is 0 Å². The van der Waals surface area contributed by atoms with Gasteiger partial charge in [-0.3, -0.25) is 0 Å². The Hall–Kier alpha value is -0.730. The fraction of sp³-hybridized carbons (Fsp3) is 0.571. The highest BCUT2D eigenvalue weighted by molar-refractivity contribution is 7.89. The minimum atomic E-state index is -3.68. The van der Waals surface area contributed by atoms with E-state index in [1.807, 2.05) is 0 Å². The van der Waals surface area contributed by atoms with Crippen molar-refractivity contribution >= 4 is 21.6 Å². The highest BCUT2D eigenvalue weighted by atomic mass is 35.5. The van der Waals surface area contributed by atoms with Crippen LogP contribution in [0.25, 0.3) is 0 Å². The number of ether oxygens (including phenoxy) is 2. The Labute approximate surface area is 134 Å². The minimum Gasteiger partial charge on any atom is -0.379 e. The van der Waals surface area contributed by atoms with Gasteiger partial charge in [-0.25, -0.2) is 17.5 Å². The van der Waals surface area contributed by atoms with E-state index < -0.39 is 15.8 Å². The lowest BCUT2D eigenvalue weighted by atomic mass is 10.2. The summed E-state index contributed by atoms with van der Waals surface area (Å²) < 4.78 is 50.3. The maximum Gasteiger partial charge on any atom is 0.240 e. The summed E-state index contributed by atoms with van der Waals surface area (Å²) in [4.78, 5) is -0.0563. The van der Waals surface area contributed by atoms with E-state index in [2.05, 4.69) is 4.72 Å². The van der Waals surface area contributed by atoms with E-state index in [0.29, 0.717) is 19.6 Å². The van der Waals surface area contributed by atoms with Crippen LogP contribution in [-0.4, -0.2) is 40.9 Å². The molecule has 5 nitrogen and oxygen atoms in total. The highest BCUT2D eigenvalue weighted by Gasteiger charge is 2.16. The normalized spacial score (nSPS) is 18.7. The number of halogens is 2. The van der Waals surface area contributed by atoms with Crippen molar-refractivity contribution in [2.45, 2.75) is 30.3 Å². The molecule has 1 aromatic carbocycles. The molecule has 0 spiro atoms. The first-order valence-corrected chi connectivity index (χ1v) is 8.99. The Morgan fingerprint density at radius 1 is 1.45 bits per heavy atom. The number of hydrogen-bond donors (Lipinski definition) is 1. The first kappa shape index (κ1) is 17.6. The molecule has 0 saturated carbocycles. The van der Waals surface area contributed by atoms with E-state index in [1.165, 1.54) is 6.07 Å². The van der Waals surface area contributed by atoms with Crippen LogP contribution in [0.4, 0.5) is 4.39 Å². The quantitative estimate of drug-likeness (QED) is 0.730. The van der Waals surface area contributed by atoms with E-state index in [9.17, 15) is 12.8 Å². The SMILES string of the molecule is O=S(=O)(NCCCOC[C@H]1CCCO1)c1ccc(F)c(Cl)c1. The summed E-state index contributed by atoms with van der Waals surface area (Å²) in [6.07, 6.45) is 2.78. The minimum absolute atomic E-state index is 0.0563. The molecule has 1 aliphatic rings. The van der Waals surface area contributed by atoms with Crippen molar-refractivity contribution in [3.8, 4) is 0 Å². The summed E-state index contributed by atoms with van der Waals surface area (Å²) in [5.74, 6) is -0.650. The Kier molecular flexibility index (Phi) is 6.58. The molecule has 22 heavy (non-hydrogen) atoms. The number of benzene rings is 1. The molecule has 0 amide bonds. The van der Waals surface area contributed by atoms with Crippen molar-refractivity contribution in [1.82, 2.24) is 4.72 Å². The lowest BCUT2D eigenvalue weighted by Crippen LogP contribution is -2.26. The second-order valence-electron chi connectivity index (χ2n) is 5.04. The summed E-state index contributed by atoms with van der Waals surface area (Å²) in [5.41, 5.74) is 0.